The third-order valence-corrected chi connectivity index (χ3v) is 2.95. The minimum Gasteiger partial charge on any atom is -0.508 e. The van der Waals surface area contributed by atoms with Gasteiger partial charge in [-0.15, -0.1) is 0 Å². The zero-order valence-corrected chi connectivity index (χ0v) is 11.7. The first-order chi connectivity index (χ1) is 10.7. The largest absolute Gasteiger partial charge is 0.508 e. The molecule has 24 heavy (non-hydrogen) atoms. The van der Waals surface area contributed by atoms with E-state index in [1.165, 1.54) is 24.3 Å². The number of benzene rings is 1. The van der Waals surface area contributed by atoms with Crippen molar-refractivity contribution in [2.75, 3.05) is 6.61 Å². The lowest BCUT2D eigenvalue weighted by Gasteiger charge is -2.33. The maximum atomic E-state index is 13.2. The van der Waals surface area contributed by atoms with Crippen molar-refractivity contribution in [3.63, 3.8) is 0 Å². The van der Waals surface area contributed by atoms with Crippen LogP contribution in [-0.2, 0) is 0 Å². The van der Waals surface area contributed by atoms with Gasteiger partial charge in [0.15, 0.2) is 0 Å². The normalized spacial score (nSPS) is 13.9. The summed E-state index contributed by atoms with van der Waals surface area (Å²) < 4.78 is 118. The number of halogens is 9. The van der Waals surface area contributed by atoms with E-state index in [0.717, 1.165) is 0 Å². The summed E-state index contributed by atoms with van der Waals surface area (Å²) in [6, 6.07) is 4.75. The molecule has 0 saturated carbocycles. The molecule has 1 rings (SSSR count). The van der Waals surface area contributed by atoms with Crippen LogP contribution in [0.25, 0.3) is 0 Å². The minimum atomic E-state index is -6.87. The summed E-state index contributed by atoms with van der Waals surface area (Å²) in [4.78, 5) is 0. The number of phenols is 1. The maximum Gasteiger partial charge on any atom is 0.460 e. The van der Waals surface area contributed by atoms with Crippen molar-refractivity contribution in [3.8, 4) is 11.5 Å². The van der Waals surface area contributed by atoms with Gasteiger partial charge in [0.25, 0.3) is 0 Å². The zero-order chi connectivity index (χ0) is 18.8. The summed E-state index contributed by atoms with van der Waals surface area (Å²) in [6.07, 6.45) is -9.66. The quantitative estimate of drug-likeness (QED) is 0.540. The van der Waals surface area contributed by atoms with Gasteiger partial charge < -0.3 is 9.84 Å². The Bertz CT molecular complexity index is 537. The number of aromatic hydroxyl groups is 1. The summed E-state index contributed by atoms with van der Waals surface area (Å²) >= 11 is 0. The molecule has 0 unspecified atom stereocenters. The molecule has 0 fully saturated rings. The molecule has 1 aromatic carbocycles. The number of phenolic OH excluding ortho intramolecular Hbond substituents is 1. The highest BCUT2D eigenvalue weighted by atomic mass is 19.4. The van der Waals surface area contributed by atoms with Crippen LogP contribution in [-0.4, -0.2) is 35.7 Å². The number of ether oxygens (including phenoxy) is 1. The molecule has 0 spiro atoms. The van der Waals surface area contributed by atoms with Crippen molar-refractivity contribution < 1.29 is 49.4 Å². The van der Waals surface area contributed by atoms with E-state index in [1.54, 1.807) is 0 Å². The summed E-state index contributed by atoms with van der Waals surface area (Å²) in [5.74, 6) is -19.1. The molecule has 0 aliphatic heterocycles. The highest BCUT2D eigenvalue weighted by molar-refractivity contribution is 5.29. The summed E-state index contributed by atoms with van der Waals surface area (Å²) in [5.41, 5.74) is 0. The Balaban J connectivity index is 2.66. The Hall–Kier alpha value is -1.81. The van der Waals surface area contributed by atoms with Crippen LogP contribution in [0.4, 0.5) is 39.5 Å². The molecule has 1 N–H and O–H groups in total. The summed E-state index contributed by atoms with van der Waals surface area (Å²) in [6.45, 7) is -0.631. The third kappa shape index (κ3) is 3.99. The lowest BCUT2D eigenvalue weighted by atomic mass is 10.00. The molecule has 0 aliphatic rings. The maximum absolute atomic E-state index is 13.2. The van der Waals surface area contributed by atoms with Gasteiger partial charge in [-0.05, 0) is 30.7 Å². The lowest BCUT2D eigenvalue weighted by molar-refractivity contribution is -0.396. The summed E-state index contributed by atoms with van der Waals surface area (Å²) in [7, 11) is 0. The monoisotopic (exact) mass is 370 g/mol. The first-order valence-corrected chi connectivity index (χ1v) is 6.34. The topological polar surface area (TPSA) is 29.5 Å². The predicted molar refractivity (Wildman–Crippen MR) is 63.7 cm³/mol. The number of hydrogen-bond acceptors (Lipinski definition) is 2. The molecule has 0 saturated heterocycles. The second kappa shape index (κ2) is 6.60. The molecule has 0 atom stereocenters. The molecule has 0 radical (unpaired) electrons. The first-order valence-electron chi connectivity index (χ1n) is 6.34. The number of hydrogen-bond donors (Lipinski definition) is 1. The van der Waals surface area contributed by atoms with E-state index in [1.807, 2.05) is 0 Å². The van der Waals surface area contributed by atoms with Crippen LogP contribution in [0, 0.1) is 0 Å². The fraction of sp³-hybridized carbons (Fsp3) is 0.538. The van der Waals surface area contributed by atoms with Gasteiger partial charge in [0, 0.05) is 6.42 Å². The minimum absolute atomic E-state index is 0.0588. The van der Waals surface area contributed by atoms with E-state index in [9.17, 15) is 39.5 Å². The van der Waals surface area contributed by atoms with Gasteiger partial charge in [0.05, 0.1) is 6.61 Å². The molecule has 11 heteroatoms. The molecule has 0 amide bonds. The lowest BCUT2D eigenvalue weighted by Crippen LogP contribution is -2.60. The summed E-state index contributed by atoms with van der Waals surface area (Å²) in [5, 5.41) is 8.97. The van der Waals surface area contributed by atoms with Crippen LogP contribution >= 0.6 is 0 Å². The van der Waals surface area contributed by atoms with Gasteiger partial charge >= 0.3 is 23.9 Å². The van der Waals surface area contributed by atoms with Crippen LogP contribution in [0.5, 0.6) is 11.5 Å². The fourth-order valence-corrected chi connectivity index (χ4v) is 1.59. The Kier molecular flexibility index (Phi) is 5.56. The van der Waals surface area contributed by atoms with Gasteiger partial charge in [-0.1, -0.05) is 0 Å². The number of rotatable bonds is 7. The second-order valence-electron chi connectivity index (χ2n) is 4.80. The van der Waals surface area contributed by atoms with Crippen molar-refractivity contribution in [2.24, 2.45) is 0 Å². The number of alkyl halides is 9. The third-order valence-electron chi connectivity index (χ3n) is 2.95. The average molecular weight is 370 g/mol. The average Bonchev–Trinajstić information content (AvgIpc) is 2.44. The van der Waals surface area contributed by atoms with Crippen LogP contribution in [0.1, 0.15) is 12.8 Å². The van der Waals surface area contributed by atoms with E-state index in [0.29, 0.717) is 0 Å². The molecule has 138 valence electrons. The van der Waals surface area contributed by atoms with Gasteiger partial charge in [-0.2, -0.15) is 39.5 Å². The molecule has 0 bridgehead atoms. The van der Waals surface area contributed by atoms with E-state index in [-0.39, 0.29) is 11.5 Å². The van der Waals surface area contributed by atoms with Crippen LogP contribution in [0.15, 0.2) is 24.3 Å². The predicted octanol–water partition coefficient (Wildman–Crippen LogP) is 5.02. The fourth-order valence-electron chi connectivity index (χ4n) is 1.59. The molecule has 0 heterocycles. The van der Waals surface area contributed by atoms with Gasteiger partial charge in [-0.25, -0.2) is 0 Å². The van der Waals surface area contributed by atoms with E-state index in [2.05, 4.69) is 0 Å². The molecule has 2 nitrogen and oxygen atoms in total. The van der Waals surface area contributed by atoms with Gasteiger partial charge in [-0.3, -0.25) is 0 Å². The highest BCUT2D eigenvalue weighted by Gasteiger charge is 2.81. The Labute approximate surface area is 129 Å². The standard InChI is InChI=1S/C13H11F9O2/c14-10(15,11(16,17)12(18,19)13(20,21)22)6-1-7-24-9-4-2-8(23)3-5-9/h2-5,23H,1,6-7H2. The van der Waals surface area contributed by atoms with E-state index >= 15 is 0 Å². The van der Waals surface area contributed by atoms with Crippen molar-refractivity contribution >= 4 is 0 Å². The highest BCUT2D eigenvalue weighted by Crippen LogP contribution is 2.54. The van der Waals surface area contributed by atoms with Crippen molar-refractivity contribution in [1.29, 1.82) is 0 Å². The van der Waals surface area contributed by atoms with Gasteiger partial charge in [0.1, 0.15) is 11.5 Å². The van der Waals surface area contributed by atoms with Crippen LogP contribution in [0.2, 0.25) is 0 Å². The molecular formula is C13H11F9O2. The molecule has 1 aromatic rings. The van der Waals surface area contributed by atoms with Crippen molar-refractivity contribution in [2.45, 2.75) is 36.8 Å². The first kappa shape index (κ1) is 20.2. The smallest absolute Gasteiger partial charge is 0.460 e. The molecular weight excluding hydrogens is 359 g/mol. The molecule has 0 aliphatic carbocycles. The van der Waals surface area contributed by atoms with Crippen molar-refractivity contribution in [3.05, 3.63) is 24.3 Å². The Morgan fingerprint density at radius 1 is 0.792 bits per heavy atom. The Morgan fingerprint density at radius 2 is 1.29 bits per heavy atom. The van der Waals surface area contributed by atoms with Crippen LogP contribution in [0.3, 0.4) is 0 Å². The second-order valence-corrected chi connectivity index (χ2v) is 4.80. The zero-order valence-electron chi connectivity index (χ0n) is 11.7. The van der Waals surface area contributed by atoms with E-state index in [4.69, 9.17) is 9.84 Å². The Morgan fingerprint density at radius 3 is 1.75 bits per heavy atom. The van der Waals surface area contributed by atoms with Crippen molar-refractivity contribution in [1.82, 2.24) is 0 Å². The molecule has 0 aromatic heterocycles. The SMILES string of the molecule is Oc1ccc(OCCCC(F)(F)C(F)(F)C(F)(F)C(F)(F)F)cc1. The van der Waals surface area contributed by atoms with Crippen LogP contribution < -0.4 is 4.74 Å². The van der Waals surface area contributed by atoms with E-state index < -0.39 is 43.4 Å². The van der Waals surface area contributed by atoms with Gasteiger partial charge in [0.2, 0.25) is 0 Å².